The quantitative estimate of drug-likeness (QED) is 0.518. The van der Waals surface area contributed by atoms with Gasteiger partial charge in [-0.2, -0.15) is 13.2 Å². The molecular weight excluding hydrogens is 429 g/mol. The second-order valence-corrected chi connectivity index (χ2v) is 7.47. The van der Waals surface area contributed by atoms with Gasteiger partial charge in [0.2, 0.25) is 11.8 Å². The maximum absolute atomic E-state index is 12.9. The Kier molecular flexibility index (Phi) is 6.66. The summed E-state index contributed by atoms with van der Waals surface area (Å²) in [6.45, 7) is 0.466. The highest BCUT2D eigenvalue weighted by molar-refractivity contribution is 5.88. The summed E-state index contributed by atoms with van der Waals surface area (Å²) in [5.41, 5.74) is 4.31. The molecule has 0 bridgehead atoms. The minimum atomic E-state index is -4.69. The molecule has 1 aliphatic rings. The Morgan fingerprint density at radius 3 is 2.28 bits per heavy atom. The molecule has 0 radical (unpaired) electrons. The monoisotopic (exact) mass is 450 g/mol. The number of benzene rings is 2. The summed E-state index contributed by atoms with van der Waals surface area (Å²) in [5, 5.41) is 14.0. The van der Waals surface area contributed by atoms with E-state index >= 15 is 0 Å². The van der Waals surface area contributed by atoms with E-state index < -0.39 is 40.2 Å². The normalized spacial score (nSPS) is 15.8. The van der Waals surface area contributed by atoms with Crippen LogP contribution in [0.3, 0.4) is 0 Å². The van der Waals surface area contributed by atoms with Crippen molar-refractivity contribution in [2.75, 3.05) is 18.0 Å². The highest BCUT2D eigenvalue weighted by Gasteiger charge is 2.35. The van der Waals surface area contributed by atoms with Gasteiger partial charge in [-0.25, -0.2) is 0 Å². The lowest BCUT2D eigenvalue weighted by Crippen LogP contribution is -2.44. The highest BCUT2D eigenvalue weighted by Crippen LogP contribution is 2.37. The number of carbonyl (C=O) groups is 2. The Bertz CT molecular complexity index is 1010. The number of nitrogens with zero attached hydrogens (tertiary/aromatic N) is 2. The maximum Gasteiger partial charge on any atom is 0.416 e. The molecule has 8 nitrogen and oxygen atoms in total. The second kappa shape index (κ2) is 9.25. The van der Waals surface area contributed by atoms with Crippen LogP contribution in [0, 0.1) is 16.0 Å². The van der Waals surface area contributed by atoms with E-state index in [2.05, 4.69) is 5.32 Å². The van der Waals surface area contributed by atoms with Crippen molar-refractivity contribution in [2.45, 2.75) is 25.1 Å². The van der Waals surface area contributed by atoms with E-state index in [0.29, 0.717) is 24.5 Å². The Labute approximate surface area is 181 Å². The summed E-state index contributed by atoms with van der Waals surface area (Å²) in [4.78, 5) is 36.6. The van der Waals surface area contributed by atoms with Crippen molar-refractivity contribution in [1.29, 1.82) is 0 Å². The number of hydrogen-bond acceptors (Lipinski definition) is 5. The average molecular weight is 450 g/mol. The Balaban J connectivity index is 1.69. The van der Waals surface area contributed by atoms with Gasteiger partial charge in [-0.05, 0) is 30.5 Å². The van der Waals surface area contributed by atoms with Crippen molar-refractivity contribution < 1.29 is 27.7 Å². The van der Waals surface area contributed by atoms with E-state index in [1.807, 2.05) is 0 Å². The number of piperidine rings is 1. The molecule has 1 atom stereocenters. The molecule has 32 heavy (non-hydrogen) atoms. The zero-order valence-electron chi connectivity index (χ0n) is 16.8. The van der Waals surface area contributed by atoms with Crippen molar-refractivity contribution in [3.8, 4) is 0 Å². The minimum Gasteiger partial charge on any atom is -0.368 e. The molecule has 1 fully saturated rings. The van der Waals surface area contributed by atoms with Gasteiger partial charge in [0.25, 0.3) is 5.69 Å². The van der Waals surface area contributed by atoms with Crippen molar-refractivity contribution in [2.24, 2.45) is 11.7 Å². The lowest BCUT2D eigenvalue weighted by Gasteiger charge is -2.33. The van der Waals surface area contributed by atoms with Gasteiger partial charge in [0.1, 0.15) is 11.7 Å². The molecule has 2 aromatic rings. The van der Waals surface area contributed by atoms with Crippen LogP contribution in [-0.4, -0.2) is 29.8 Å². The number of hydrogen-bond donors (Lipinski definition) is 2. The first-order valence-corrected chi connectivity index (χ1v) is 9.83. The van der Waals surface area contributed by atoms with Crippen LogP contribution in [0.1, 0.15) is 30.0 Å². The predicted molar refractivity (Wildman–Crippen MR) is 110 cm³/mol. The zero-order valence-corrected chi connectivity index (χ0v) is 16.8. The van der Waals surface area contributed by atoms with E-state index in [1.165, 1.54) is 0 Å². The molecule has 1 aliphatic heterocycles. The molecule has 0 aliphatic carbocycles. The molecule has 2 amide bonds. The standard InChI is InChI=1S/C21H21F3N4O4/c22-21(23,24)15-6-7-16(17(12-15)28(31)32)27-10-8-14(9-11-27)20(30)26-18(19(25)29)13-4-2-1-3-5-13/h1-7,12,14,18H,8-11H2,(H2,25,29)(H,26,30)/t18-/m1/s1. The average Bonchev–Trinajstić information content (AvgIpc) is 2.76. The van der Waals surface area contributed by atoms with E-state index in [9.17, 15) is 32.9 Å². The maximum atomic E-state index is 12.9. The number of halogens is 3. The third kappa shape index (κ3) is 5.16. The summed E-state index contributed by atoms with van der Waals surface area (Å²) in [7, 11) is 0. The van der Waals surface area contributed by atoms with Crippen LogP contribution < -0.4 is 16.0 Å². The number of carbonyl (C=O) groups excluding carboxylic acids is 2. The Hall–Kier alpha value is -3.63. The Morgan fingerprint density at radius 2 is 1.75 bits per heavy atom. The fourth-order valence-corrected chi connectivity index (χ4v) is 3.72. The molecule has 0 spiro atoms. The van der Waals surface area contributed by atoms with Crippen molar-refractivity contribution in [1.82, 2.24) is 5.32 Å². The van der Waals surface area contributed by atoms with Crippen LogP contribution in [0.15, 0.2) is 48.5 Å². The summed E-state index contributed by atoms with van der Waals surface area (Å²) >= 11 is 0. The minimum absolute atomic E-state index is 0.0705. The number of nitro benzene ring substituents is 1. The molecule has 0 unspecified atom stereocenters. The van der Waals surface area contributed by atoms with Gasteiger partial charge in [-0.1, -0.05) is 30.3 Å². The number of nitro groups is 1. The predicted octanol–water partition coefficient (Wildman–Crippen LogP) is 3.17. The molecular formula is C21H21F3N4O4. The third-order valence-electron chi connectivity index (χ3n) is 5.41. The first-order valence-electron chi connectivity index (χ1n) is 9.83. The van der Waals surface area contributed by atoms with Crippen LogP contribution in [0.4, 0.5) is 24.5 Å². The van der Waals surface area contributed by atoms with Crippen molar-refractivity contribution in [3.63, 3.8) is 0 Å². The Morgan fingerprint density at radius 1 is 1.12 bits per heavy atom. The smallest absolute Gasteiger partial charge is 0.368 e. The SMILES string of the molecule is NC(=O)[C@H](NC(=O)C1CCN(c2ccc(C(F)(F)F)cc2[N+](=O)[O-])CC1)c1ccccc1. The van der Waals surface area contributed by atoms with E-state index in [1.54, 1.807) is 35.2 Å². The van der Waals surface area contributed by atoms with Gasteiger partial charge in [0.05, 0.1) is 10.5 Å². The van der Waals surface area contributed by atoms with Crippen molar-refractivity contribution >= 4 is 23.2 Å². The summed E-state index contributed by atoms with van der Waals surface area (Å²) in [5.74, 6) is -1.55. The summed E-state index contributed by atoms with van der Waals surface area (Å²) in [6, 6.07) is 9.95. The van der Waals surface area contributed by atoms with Crippen LogP contribution >= 0.6 is 0 Å². The van der Waals surface area contributed by atoms with Gasteiger partial charge in [-0.15, -0.1) is 0 Å². The van der Waals surface area contributed by atoms with Gasteiger partial charge < -0.3 is 16.0 Å². The third-order valence-corrected chi connectivity index (χ3v) is 5.41. The zero-order chi connectivity index (χ0) is 23.5. The largest absolute Gasteiger partial charge is 0.416 e. The summed E-state index contributed by atoms with van der Waals surface area (Å²) in [6.07, 6.45) is -4.07. The molecule has 1 saturated heterocycles. The van der Waals surface area contributed by atoms with Gasteiger partial charge in [-0.3, -0.25) is 19.7 Å². The van der Waals surface area contributed by atoms with E-state index in [-0.39, 0.29) is 24.7 Å². The van der Waals surface area contributed by atoms with Gasteiger partial charge >= 0.3 is 6.18 Å². The number of alkyl halides is 3. The first-order chi connectivity index (χ1) is 15.1. The lowest BCUT2D eigenvalue weighted by atomic mass is 9.94. The van der Waals surface area contributed by atoms with Gasteiger partial charge in [0.15, 0.2) is 0 Å². The molecule has 1 heterocycles. The molecule has 170 valence electrons. The summed E-state index contributed by atoms with van der Waals surface area (Å²) < 4.78 is 38.7. The number of amides is 2. The van der Waals surface area contributed by atoms with Crippen LogP contribution in [0.5, 0.6) is 0 Å². The second-order valence-electron chi connectivity index (χ2n) is 7.47. The topological polar surface area (TPSA) is 119 Å². The number of anilines is 1. The van der Waals surface area contributed by atoms with E-state index in [4.69, 9.17) is 5.73 Å². The fraction of sp³-hybridized carbons (Fsp3) is 0.333. The van der Waals surface area contributed by atoms with E-state index in [0.717, 1.165) is 12.1 Å². The molecule has 0 saturated carbocycles. The fourth-order valence-electron chi connectivity index (χ4n) is 3.72. The highest BCUT2D eigenvalue weighted by atomic mass is 19.4. The van der Waals surface area contributed by atoms with Gasteiger partial charge in [0, 0.05) is 25.1 Å². The molecule has 3 rings (SSSR count). The van der Waals surface area contributed by atoms with Crippen LogP contribution in [0.2, 0.25) is 0 Å². The van der Waals surface area contributed by atoms with Crippen LogP contribution in [-0.2, 0) is 15.8 Å². The number of primary amides is 1. The lowest BCUT2D eigenvalue weighted by molar-refractivity contribution is -0.384. The van der Waals surface area contributed by atoms with Crippen molar-refractivity contribution in [3.05, 3.63) is 69.8 Å². The number of nitrogens with one attached hydrogen (secondary N) is 1. The first kappa shape index (κ1) is 23.0. The van der Waals surface area contributed by atoms with Crippen LogP contribution in [0.25, 0.3) is 0 Å². The molecule has 11 heteroatoms. The number of rotatable bonds is 6. The molecule has 2 aromatic carbocycles. The molecule has 3 N–H and O–H groups in total. The number of nitrogens with two attached hydrogens (primary N) is 1. The molecule has 0 aromatic heterocycles.